The van der Waals surface area contributed by atoms with Crippen LogP contribution in [0.15, 0.2) is 0 Å². The summed E-state index contributed by atoms with van der Waals surface area (Å²) in [6.07, 6.45) is 2.42. The number of carbonyl (C=O) groups is 1. The first kappa shape index (κ1) is 15.9. The van der Waals surface area contributed by atoms with Crippen molar-refractivity contribution in [1.82, 2.24) is 0 Å². The third-order valence-corrected chi connectivity index (χ3v) is 1.64. The van der Waals surface area contributed by atoms with Crippen LogP contribution in [0.25, 0.3) is 5.73 Å². The van der Waals surface area contributed by atoms with Crippen molar-refractivity contribution < 1.29 is 23.8 Å². The Morgan fingerprint density at radius 3 is 2.42 bits per heavy atom. The molecular weight excluding hydrogens is 404 g/mol. The van der Waals surface area contributed by atoms with Gasteiger partial charge in [0, 0.05) is 0 Å². The van der Waals surface area contributed by atoms with Crippen LogP contribution in [0.2, 0.25) is 0 Å². The number of hydrogen-bond donors (Lipinski definition) is 1. The van der Waals surface area contributed by atoms with E-state index in [1.807, 2.05) is 6.26 Å². The van der Waals surface area contributed by atoms with Crippen LogP contribution in [0.4, 0.5) is 0 Å². The van der Waals surface area contributed by atoms with Gasteiger partial charge in [-0.15, -0.1) is 0 Å². The summed E-state index contributed by atoms with van der Waals surface area (Å²) < 4.78 is 0. The summed E-state index contributed by atoms with van der Waals surface area (Å²) in [4.78, 5) is 10.0. The first-order valence-corrected chi connectivity index (χ1v) is 11.6. The summed E-state index contributed by atoms with van der Waals surface area (Å²) in [5.74, 6) is -0.209. The van der Waals surface area contributed by atoms with Crippen molar-refractivity contribution in [2.45, 2.75) is 12.5 Å². The standard InChI is InChI=1S/C5H10NO2S.2BrH.Pd/c1-9-3-2-4(6)5(7)8;;;/h4,6H,2-3H2,1H3,(H,7,8);2*1H;/q-1;;;+2/p-1. The Bertz CT molecular complexity index is 120. The van der Waals surface area contributed by atoms with E-state index in [-0.39, 0.29) is 0 Å². The van der Waals surface area contributed by atoms with Gasteiger partial charge in [0.15, 0.2) is 0 Å². The number of aliphatic carboxylic acids is 1. The Morgan fingerprint density at radius 1 is 1.75 bits per heavy atom. The van der Waals surface area contributed by atoms with Crippen LogP contribution in [-0.4, -0.2) is 29.1 Å². The number of nitrogens with one attached hydrogen (secondary N) is 1. The number of carboxylic acids is 1. The van der Waals surface area contributed by atoms with Crippen molar-refractivity contribution in [3.63, 3.8) is 0 Å². The molecule has 0 bridgehead atoms. The van der Waals surface area contributed by atoms with E-state index >= 15 is 0 Å². The van der Waals surface area contributed by atoms with Crippen LogP contribution in [0.1, 0.15) is 6.42 Å². The summed E-state index contributed by atoms with van der Waals surface area (Å²) in [6.45, 7) is 0. The molecule has 0 rings (SSSR count). The number of rotatable bonds is 4. The zero-order chi connectivity index (χ0) is 9.98. The zero-order valence-corrected chi connectivity index (χ0v) is 12.0. The molecule has 0 fully saturated rings. The monoisotopic (exact) mass is 413 g/mol. The molecule has 0 aromatic rings. The summed E-state index contributed by atoms with van der Waals surface area (Å²) in [7, 11) is 0. The minimum atomic E-state index is -1.02. The van der Waals surface area contributed by atoms with E-state index in [4.69, 9.17) is 10.8 Å². The van der Waals surface area contributed by atoms with E-state index in [1.165, 1.54) is 0 Å². The SMILES string of the molecule is C[SH+]CCC([NH-])C(=O)O.[Br][Pd][Br]. The van der Waals surface area contributed by atoms with Gasteiger partial charge in [-0.3, -0.25) is 4.79 Å². The second kappa shape index (κ2) is 12.4. The van der Waals surface area contributed by atoms with Crippen LogP contribution in [-0.2, 0) is 30.5 Å². The van der Waals surface area contributed by atoms with E-state index in [0.717, 1.165) is 17.5 Å². The number of carboxylic acid groups (broad SMARTS) is 1. The molecule has 7 heteroatoms. The zero-order valence-electron chi connectivity index (χ0n) is 6.37. The predicted molar refractivity (Wildman–Crippen MR) is 57.8 cm³/mol. The molecule has 78 valence electrons. The van der Waals surface area contributed by atoms with Crippen LogP contribution < -0.4 is 0 Å². The Hall–Kier alpha value is 1.40. The second-order valence-electron chi connectivity index (χ2n) is 1.76. The molecule has 0 saturated heterocycles. The van der Waals surface area contributed by atoms with Gasteiger partial charge in [0.05, 0.1) is 6.26 Å². The number of thiol groups is 1. The summed E-state index contributed by atoms with van der Waals surface area (Å²) in [5.41, 5.74) is 6.93. The van der Waals surface area contributed by atoms with E-state index in [2.05, 4.69) is 26.9 Å². The van der Waals surface area contributed by atoms with Gasteiger partial charge in [0.1, 0.15) is 5.75 Å². The molecule has 0 saturated carbocycles. The van der Waals surface area contributed by atoms with Crippen LogP contribution >= 0.6 is 26.9 Å². The molecule has 0 amide bonds. The maximum atomic E-state index is 10.0. The van der Waals surface area contributed by atoms with E-state index < -0.39 is 12.0 Å². The summed E-state index contributed by atoms with van der Waals surface area (Å²) >= 11 is 7.96. The molecule has 12 heavy (non-hydrogen) atoms. The van der Waals surface area contributed by atoms with E-state index in [0.29, 0.717) is 20.4 Å². The Morgan fingerprint density at radius 2 is 2.17 bits per heavy atom. The molecule has 0 aliphatic rings. The predicted octanol–water partition coefficient (Wildman–Crippen LogP) is 2.02. The summed E-state index contributed by atoms with van der Waals surface area (Å²) in [5, 5.41) is 8.22. The van der Waals surface area contributed by atoms with Gasteiger partial charge in [-0.05, 0) is 24.2 Å². The average molecular weight is 415 g/mol. The molecule has 0 aliphatic heterocycles. The molecule has 3 nitrogen and oxygen atoms in total. The minimum absolute atomic E-state index is 0.466. The molecular formula is C5H11Br2NO2PdS. The molecule has 0 spiro atoms. The second-order valence-corrected chi connectivity index (χ2v) is 10.0. The van der Waals surface area contributed by atoms with Gasteiger partial charge in [0.2, 0.25) is 0 Å². The van der Waals surface area contributed by atoms with Crippen molar-refractivity contribution in [3.05, 3.63) is 5.73 Å². The van der Waals surface area contributed by atoms with Crippen molar-refractivity contribution in [2.75, 3.05) is 12.0 Å². The third kappa shape index (κ3) is 14.0. The molecule has 0 aromatic carbocycles. The fourth-order valence-electron chi connectivity index (χ4n) is 0.382. The molecule has 1 atom stereocenters. The third-order valence-electron chi connectivity index (χ3n) is 0.939. The molecule has 1 unspecified atom stereocenters. The van der Waals surface area contributed by atoms with Gasteiger partial charge < -0.3 is 10.8 Å². The Kier molecular flexibility index (Phi) is 16.4. The average Bonchev–Trinajstić information content (AvgIpc) is 2.01. The summed E-state index contributed by atoms with van der Waals surface area (Å²) in [6, 6.07) is -0.919. The van der Waals surface area contributed by atoms with Gasteiger partial charge in [-0.1, -0.05) is 0 Å². The molecule has 0 aliphatic carbocycles. The van der Waals surface area contributed by atoms with Crippen molar-refractivity contribution in [3.8, 4) is 0 Å². The van der Waals surface area contributed by atoms with Crippen LogP contribution in [0.5, 0.6) is 0 Å². The first-order chi connectivity index (χ1) is 5.59. The molecule has 0 heterocycles. The van der Waals surface area contributed by atoms with Gasteiger partial charge in [-0.2, -0.15) is 0 Å². The van der Waals surface area contributed by atoms with E-state index in [9.17, 15) is 4.79 Å². The Balaban J connectivity index is 0. The maximum absolute atomic E-state index is 10.0. The normalized spacial score (nSPS) is 11.7. The van der Waals surface area contributed by atoms with Crippen LogP contribution in [0, 0.1) is 0 Å². The molecule has 0 radical (unpaired) electrons. The van der Waals surface area contributed by atoms with E-state index in [1.54, 1.807) is 0 Å². The van der Waals surface area contributed by atoms with Gasteiger partial charge >= 0.3 is 40.8 Å². The van der Waals surface area contributed by atoms with Crippen molar-refractivity contribution >= 4 is 44.6 Å². The fourth-order valence-corrected chi connectivity index (χ4v) is 0.898. The Labute approximate surface area is 97.8 Å². The molecule has 2 N–H and O–H groups in total. The molecule has 0 aromatic heterocycles. The van der Waals surface area contributed by atoms with Crippen LogP contribution in [0.3, 0.4) is 0 Å². The number of halogens is 2. The van der Waals surface area contributed by atoms with Crippen molar-refractivity contribution in [1.29, 1.82) is 0 Å². The number of hydrogen-bond acceptors (Lipinski definition) is 1. The fraction of sp³-hybridized carbons (Fsp3) is 0.800. The topological polar surface area (TPSA) is 61.1 Å². The quantitative estimate of drug-likeness (QED) is 0.434. The van der Waals surface area contributed by atoms with Gasteiger partial charge in [-0.25, -0.2) is 0 Å². The van der Waals surface area contributed by atoms with Crippen molar-refractivity contribution in [2.24, 2.45) is 0 Å². The first-order valence-electron chi connectivity index (χ1n) is 2.92. The van der Waals surface area contributed by atoms with Gasteiger partial charge in [0.25, 0.3) is 5.97 Å².